The van der Waals surface area contributed by atoms with E-state index in [2.05, 4.69) is 28.0 Å². The van der Waals surface area contributed by atoms with Crippen molar-refractivity contribution in [1.82, 2.24) is 4.90 Å². The van der Waals surface area contributed by atoms with Gasteiger partial charge in [0.25, 0.3) is 10.0 Å². The second-order valence-corrected chi connectivity index (χ2v) is 7.10. The fourth-order valence-corrected chi connectivity index (χ4v) is 3.33. The SMILES string of the molecule is C=CCC1CCCN(Cc2ccccc2)C1=NS(C)(=O)=O. The van der Waals surface area contributed by atoms with Crippen LogP contribution in [-0.4, -0.2) is 32.0 Å². The van der Waals surface area contributed by atoms with E-state index in [9.17, 15) is 8.42 Å². The predicted octanol–water partition coefficient (Wildman–Crippen LogP) is 2.83. The number of nitrogens with zero attached hydrogens (tertiary/aromatic N) is 2. The Kier molecular flexibility index (Phi) is 5.17. The predicted molar refractivity (Wildman–Crippen MR) is 86.7 cm³/mol. The lowest BCUT2D eigenvalue weighted by molar-refractivity contribution is 0.325. The summed E-state index contributed by atoms with van der Waals surface area (Å²) in [7, 11) is -3.39. The van der Waals surface area contributed by atoms with Crippen LogP contribution < -0.4 is 0 Å². The molecule has 0 aromatic heterocycles. The molecule has 0 saturated carbocycles. The minimum absolute atomic E-state index is 0.148. The molecule has 0 spiro atoms. The smallest absolute Gasteiger partial charge is 0.251 e. The van der Waals surface area contributed by atoms with Gasteiger partial charge in [-0.3, -0.25) is 0 Å². The molecule has 1 aliphatic heterocycles. The summed E-state index contributed by atoms with van der Waals surface area (Å²) in [6, 6.07) is 10.1. The third-order valence-corrected chi connectivity index (χ3v) is 4.12. The van der Waals surface area contributed by atoms with Crippen molar-refractivity contribution in [3.63, 3.8) is 0 Å². The maximum Gasteiger partial charge on any atom is 0.251 e. The van der Waals surface area contributed by atoms with Crippen LogP contribution in [0.1, 0.15) is 24.8 Å². The molecule has 0 radical (unpaired) electrons. The molecule has 1 fully saturated rings. The van der Waals surface area contributed by atoms with Gasteiger partial charge < -0.3 is 4.90 Å². The summed E-state index contributed by atoms with van der Waals surface area (Å²) in [4.78, 5) is 2.09. The van der Waals surface area contributed by atoms with Crippen LogP contribution in [0.3, 0.4) is 0 Å². The molecule has 1 aromatic carbocycles. The van der Waals surface area contributed by atoms with Gasteiger partial charge in [-0.15, -0.1) is 6.58 Å². The number of hydrogen-bond donors (Lipinski definition) is 0. The van der Waals surface area contributed by atoms with Gasteiger partial charge in [0.2, 0.25) is 0 Å². The Morgan fingerprint density at radius 1 is 1.38 bits per heavy atom. The van der Waals surface area contributed by atoms with E-state index in [1.807, 2.05) is 24.3 Å². The van der Waals surface area contributed by atoms with E-state index in [0.29, 0.717) is 12.4 Å². The Morgan fingerprint density at radius 3 is 2.71 bits per heavy atom. The van der Waals surface area contributed by atoms with Crippen molar-refractivity contribution in [2.45, 2.75) is 25.8 Å². The van der Waals surface area contributed by atoms with E-state index >= 15 is 0 Å². The normalized spacial score (nSPS) is 21.5. The maximum atomic E-state index is 11.6. The first kappa shape index (κ1) is 15.8. The molecule has 1 aliphatic rings. The molecular weight excluding hydrogens is 284 g/mol. The van der Waals surface area contributed by atoms with Gasteiger partial charge in [-0.2, -0.15) is 4.40 Å². The zero-order valence-electron chi connectivity index (χ0n) is 12.4. The molecule has 114 valence electrons. The summed E-state index contributed by atoms with van der Waals surface area (Å²) in [6.45, 7) is 5.31. The number of likely N-dealkylation sites (tertiary alicyclic amines) is 1. The lowest BCUT2D eigenvalue weighted by Crippen LogP contribution is -2.41. The van der Waals surface area contributed by atoms with Crippen LogP contribution in [0.2, 0.25) is 0 Å². The van der Waals surface area contributed by atoms with E-state index in [0.717, 1.165) is 37.6 Å². The highest BCUT2D eigenvalue weighted by atomic mass is 32.2. The largest absolute Gasteiger partial charge is 0.355 e. The van der Waals surface area contributed by atoms with Crippen molar-refractivity contribution in [2.24, 2.45) is 10.3 Å². The number of sulfonamides is 1. The number of hydrogen-bond acceptors (Lipinski definition) is 2. The van der Waals surface area contributed by atoms with Crippen molar-refractivity contribution in [1.29, 1.82) is 0 Å². The molecule has 0 N–H and O–H groups in total. The minimum Gasteiger partial charge on any atom is -0.355 e. The third-order valence-electron chi connectivity index (χ3n) is 3.60. The van der Waals surface area contributed by atoms with Crippen LogP contribution in [0, 0.1) is 5.92 Å². The Bertz CT molecular complexity index is 608. The van der Waals surface area contributed by atoms with Gasteiger partial charge in [0.05, 0.1) is 6.26 Å². The van der Waals surface area contributed by atoms with E-state index in [4.69, 9.17) is 0 Å². The van der Waals surface area contributed by atoms with Crippen LogP contribution in [0.4, 0.5) is 0 Å². The van der Waals surface area contributed by atoms with Crippen LogP contribution in [0.5, 0.6) is 0 Å². The summed E-state index contributed by atoms with van der Waals surface area (Å²) in [5.41, 5.74) is 1.16. The zero-order valence-corrected chi connectivity index (χ0v) is 13.2. The molecule has 1 saturated heterocycles. The standard InChI is InChI=1S/C16H22N2O2S/c1-3-8-15-11-7-12-18(16(15)17-21(2,19)20)13-14-9-5-4-6-10-14/h3-6,9-10,15H,1,7-8,11-13H2,2H3. The Hall–Kier alpha value is -1.62. The van der Waals surface area contributed by atoms with E-state index in [-0.39, 0.29) is 5.92 Å². The topological polar surface area (TPSA) is 49.7 Å². The summed E-state index contributed by atoms with van der Waals surface area (Å²) >= 11 is 0. The van der Waals surface area contributed by atoms with Crippen molar-refractivity contribution in [2.75, 3.05) is 12.8 Å². The van der Waals surface area contributed by atoms with E-state index in [1.54, 1.807) is 0 Å². The van der Waals surface area contributed by atoms with Gasteiger partial charge in [0, 0.05) is 19.0 Å². The summed E-state index contributed by atoms with van der Waals surface area (Å²) < 4.78 is 27.2. The van der Waals surface area contributed by atoms with E-state index < -0.39 is 10.0 Å². The average molecular weight is 306 g/mol. The molecule has 0 aliphatic carbocycles. The van der Waals surface area contributed by atoms with Gasteiger partial charge >= 0.3 is 0 Å². The van der Waals surface area contributed by atoms with E-state index in [1.165, 1.54) is 0 Å². The van der Waals surface area contributed by atoms with Crippen molar-refractivity contribution >= 4 is 15.9 Å². The molecule has 2 rings (SSSR count). The quantitative estimate of drug-likeness (QED) is 0.786. The lowest BCUT2D eigenvalue weighted by Gasteiger charge is -2.35. The molecule has 1 atom stereocenters. The first-order valence-corrected chi connectivity index (χ1v) is 9.04. The monoisotopic (exact) mass is 306 g/mol. The average Bonchev–Trinajstić information content (AvgIpc) is 2.42. The molecule has 1 unspecified atom stereocenters. The highest BCUT2D eigenvalue weighted by Crippen LogP contribution is 2.25. The first-order chi connectivity index (χ1) is 9.99. The molecule has 4 nitrogen and oxygen atoms in total. The fourth-order valence-electron chi connectivity index (χ4n) is 2.72. The summed E-state index contributed by atoms with van der Waals surface area (Å²) in [6.07, 6.45) is 5.77. The maximum absolute atomic E-state index is 11.6. The minimum atomic E-state index is -3.39. The molecule has 0 bridgehead atoms. The van der Waals surface area contributed by atoms with Crippen LogP contribution in [-0.2, 0) is 16.6 Å². The molecule has 21 heavy (non-hydrogen) atoms. The van der Waals surface area contributed by atoms with Crippen LogP contribution in [0.15, 0.2) is 47.4 Å². The second kappa shape index (κ2) is 6.89. The molecule has 0 amide bonds. The van der Waals surface area contributed by atoms with Crippen molar-refractivity contribution in [3.05, 3.63) is 48.6 Å². The summed E-state index contributed by atoms with van der Waals surface area (Å²) in [5.74, 6) is 0.835. The number of allylic oxidation sites excluding steroid dienone is 1. The van der Waals surface area contributed by atoms with Gasteiger partial charge in [-0.25, -0.2) is 8.42 Å². The highest BCUT2D eigenvalue weighted by molar-refractivity contribution is 7.89. The molecule has 1 aromatic rings. The highest BCUT2D eigenvalue weighted by Gasteiger charge is 2.27. The van der Waals surface area contributed by atoms with Gasteiger partial charge in [0.1, 0.15) is 5.84 Å². The van der Waals surface area contributed by atoms with Crippen LogP contribution >= 0.6 is 0 Å². The van der Waals surface area contributed by atoms with Crippen molar-refractivity contribution in [3.8, 4) is 0 Å². The Balaban J connectivity index is 2.28. The Labute approximate surface area is 127 Å². The van der Waals surface area contributed by atoms with Gasteiger partial charge in [0.15, 0.2) is 0 Å². The number of rotatable bonds is 5. The zero-order chi connectivity index (χ0) is 15.3. The molecule has 1 heterocycles. The van der Waals surface area contributed by atoms with Gasteiger partial charge in [-0.05, 0) is 24.8 Å². The summed E-state index contributed by atoms with van der Waals surface area (Å²) in [5, 5.41) is 0. The Morgan fingerprint density at radius 2 is 2.10 bits per heavy atom. The third kappa shape index (κ3) is 4.70. The fraction of sp³-hybridized carbons (Fsp3) is 0.438. The molecular formula is C16H22N2O2S. The lowest BCUT2D eigenvalue weighted by atomic mass is 9.93. The number of amidine groups is 1. The van der Waals surface area contributed by atoms with Crippen LogP contribution in [0.25, 0.3) is 0 Å². The second-order valence-electron chi connectivity index (χ2n) is 5.45. The number of benzene rings is 1. The molecule has 5 heteroatoms. The van der Waals surface area contributed by atoms with Crippen molar-refractivity contribution < 1.29 is 8.42 Å². The first-order valence-electron chi connectivity index (χ1n) is 7.19. The van der Waals surface area contributed by atoms with Gasteiger partial charge in [-0.1, -0.05) is 36.4 Å². The number of piperidine rings is 1.